The highest BCUT2D eigenvalue weighted by molar-refractivity contribution is 7.19. The number of fused-ring (bicyclic) bond motifs is 1. The molecular formula is C14H18FNS. The largest absolute Gasteiger partial charge is 0.312 e. The minimum atomic E-state index is -0.141. The van der Waals surface area contributed by atoms with Gasteiger partial charge >= 0.3 is 0 Å². The summed E-state index contributed by atoms with van der Waals surface area (Å²) in [6.45, 7) is 6.23. The molecule has 3 heteroatoms. The fourth-order valence-electron chi connectivity index (χ4n) is 2.08. The van der Waals surface area contributed by atoms with Gasteiger partial charge in [0.2, 0.25) is 0 Å². The van der Waals surface area contributed by atoms with Crippen molar-refractivity contribution in [1.29, 1.82) is 0 Å². The smallest absolute Gasteiger partial charge is 0.123 e. The number of halogens is 1. The molecule has 0 unspecified atom stereocenters. The zero-order valence-corrected chi connectivity index (χ0v) is 11.2. The van der Waals surface area contributed by atoms with Gasteiger partial charge in [-0.3, -0.25) is 0 Å². The lowest BCUT2D eigenvalue weighted by atomic mass is 10.1. The van der Waals surface area contributed by atoms with Gasteiger partial charge in [-0.25, -0.2) is 4.39 Å². The van der Waals surface area contributed by atoms with Gasteiger partial charge in [0, 0.05) is 16.1 Å². The highest BCUT2D eigenvalue weighted by atomic mass is 32.1. The van der Waals surface area contributed by atoms with Gasteiger partial charge in [-0.05, 0) is 48.5 Å². The number of thiophene rings is 1. The van der Waals surface area contributed by atoms with E-state index in [9.17, 15) is 4.39 Å². The van der Waals surface area contributed by atoms with Crippen LogP contribution in [0.25, 0.3) is 10.1 Å². The minimum absolute atomic E-state index is 0.141. The second-order valence-corrected chi connectivity index (χ2v) is 5.31. The van der Waals surface area contributed by atoms with E-state index in [1.165, 1.54) is 15.1 Å². The molecule has 2 rings (SSSR count). The second kappa shape index (κ2) is 5.61. The van der Waals surface area contributed by atoms with E-state index in [-0.39, 0.29) is 5.82 Å². The summed E-state index contributed by atoms with van der Waals surface area (Å²) < 4.78 is 14.4. The molecule has 92 valence electrons. The first kappa shape index (κ1) is 12.5. The van der Waals surface area contributed by atoms with Crippen molar-refractivity contribution in [3.8, 4) is 0 Å². The van der Waals surface area contributed by atoms with E-state index in [0.29, 0.717) is 0 Å². The molecule has 0 aliphatic rings. The lowest BCUT2D eigenvalue weighted by Crippen LogP contribution is -2.13. The van der Waals surface area contributed by atoms with Crippen LogP contribution in [0.1, 0.15) is 30.7 Å². The van der Waals surface area contributed by atoms with Gasteiger partial charge < -0.3 is 5.32 Å². The third kappa shape index (κ3) is 2.67. The molecule has 0 radical (unpaired) electrons. The zero-order chi connectivity index (χ0) is 12.3. The lowest BCUT2D eigenvalue weighted by Gasteiger charge is -2.03. The molecule has 1 aromatic carbocycles. The number of aryl methyl sites for hydroxylation is 1. The molecule has 2 aromatic rings. The van der Waals surface area contributed by atoms with Crippen molar-refractivity contribution < 1.29 is 4.39 Å². The highest BCUT2D eigenvalue weighted by Crippen LogP contribution is 2.32. The quantitative estimate of drug-likeness (QED) is 0.789. The van der Waals surface area contributed by atoms with Crippen LogP contribution in [0.4, 0.5) is 4.39 Å². The average Bonchev–Trinajstić information content (AvgIpc) is 2.66. The van der Waals surface area contributed by atoms with E-state index in [1.807, 2.05) is 6.07 Å². The molecule has 1 nitrogen and oxygen atoms in total. The third-order valence-electron chi connectivity index (χ3n) is 2.90. The summed E-state index contributed by atoms with van der Waals surface area (Å²) in [5.41, 5.74) is 1.30. The van der Waals surface area contributed by atoms with Gasteiger partial charge in [0.25, 0.3) is 0 Å². The Bertz CT molecular complexity index is 504. The van der Waals surface area contributed by atoms with Gasteiger partial charge in [-0.2, -0.15) is 0 Å². The Balaban J connectivity index is 2.35. The van der Waals surface area contributed by atoms with E-state index in [2.05, 4.69) is 19.2 Å². The molecule has 0 atom stereocenters. The zero-order valence-electron chi connectivity index (χ0n) is 10.3. The molecule has 0 bridgehead atoms. The number of hydrogen-bond acceptors (Lipinski definition) is 2. The third-order valence-corrected chi connectivity index (χ3v) is 4.12. The van der Waals surface area contributed by atoms with Crippen molar-refractivity contribution in [2.45, 2.75) is 33.2 Å². The number of rotatable bonds is 5. The Labute approximate surface area is 106 Å². The van der Waals surface area contributed by atoms with Crippen molar-refractivity contribution in [3.05, 3.63) is 34.5 Å². The Hall–Kier alpha value is -0.930. The van der Waals surface area contributed by atoms with Gasteiger partial charge in [0.15, 0.2) is 0 Å². The Morgan fingerprint density at radius 3 is 2.82 bits per heavy atom. The molecule has 0 saturated carbocycles. The summed E-state index contributed by atoms with van der Waals surface area (Å²) in [5.74, 6) is -0.141. The molecule has 0 spiro atoms. The molecule has 1 aromatic heterocycles. The maximum atomic E-state index is 13.3. The summed E-state index contributed by atoms with van der Waals surface area (Å²) in [7, 11) is 0. The standard InChI is InChI=1S/C14H18FNS/c1-3-7-16-9-14-11(4-2)12-8-10(15)5-6-13(12)17-14/h5-6,8,16H,3-4,7,9H2,1-2H3. The normalized spacial score (nSPS) is 11.2. The summed E-state index contributed by atoms with van der Waals surface area (Å²) >= 11 is 1.78. The Kier molecular flexibility index (Phi) is 4.13. The van der Waals surface area contributed by atoms with Gasteiger partial charge in [0.05, 0.1) is 0 Å². The molecule has 0 fully saturated rings. The van der Waals surface area contributed by atoms with Crippen LogP contribution in [-0.2, 0) is 13.0 Å². The summed E-state index contributed by atoms with van der Waals surface area (Å²) in [6, 6.07) is 5.09. The van der Waals surface area contributed by atoms with Gasteiger partial charge in [0.1, 0.15) is 5.82 Å². The minimum Gasteiger partial charge on any atom is -0.312 e. The first-order valence-corrected chi connectivity index (χ1v) is 6.98. The van der Waals surface area contributed by atoms with E-state index in [4.69, 9.17) is 0 Å². The molecule has 0 aliphatic heterocycles. The average molecular weight is 251 g/mol. The fourth-order valence-corrected chi connectivity index (χ4v) is 3.33. The van der Waals surface area contributed by atoms with Crippen molar-refractivity contribution in [2.75, 3.05) is 6.54 Å². The predicted octanol–water partition coefficient (Wildman–Crippen LogP) is 4.10. The van der Waals surface area contributed by atoms with Crippen molar-refractivity contribution in [1.82, 2.24) is 5.32 Å². The molecular weight excluding hydrogens is 233 g/mol. The maximum absolute atomic E-state index is 13.3. The first-order valence-electron chi connectivity index (χ1n) is 6.16. The second-order valence-electron chi connectivity index (χ2n) is 4.17. The molecule has 17 heavy (non-hydrogen) atoms. The maximum Gasteiger partial charge on any atom is 0.123 e. The molecule has 0 amide bonds. The Morgan fingerprint density at radius 2 is 2.12 bits per heavy atom. The van der Waals surface area contributed by atoms with Gasteiger partial charge in [-0.15, -0.1) is 11.3 Å². The van der Waals surface area contributed by atoms with Crippen LogP contribution < -0.4 is 5.32 Å². The van der Waals surface area contributed by atoms with Crippen LogP contribution in [0.15, 0.2) is 18.2 Å². The number of hydrogen-bond donors (Lipinski definition) is 1. The van der Waals surface area contributed by atoms with Crippen LogP contribution >= 0.6 is 11.3 Å². The van der Waals surface area contributed by atoms with Crippen LogP contribution in [0, 0.1) is 5.82 Å². The fraction of sp³-hybridized carbons (Fsp3) is 0.429. The lowest BCUT2D eigenvalue weighted by molar-refractivity contribution is 0.629. The highest BCUT2D eigenvalue weighted by Gasteiger charge is 2.10. The molecule has 0 aliphatic carbocycles. The monoisotopic (exact) mass is 251 g/mol. The van der Waals surface area contributed by atoms with E-state index in [0.717, 1.165) is 31.3 Å². The number of nitrogens with one attached hydrogen (secondary N) is 1. The van der Waals surface area contributed by atoms with Crippen molar-refractivity contribution in [3.63, 3.8) is 0 Å². The van der Waals surface area contributed by atoms with Crippen LogP contribution in [0.2, 0.25) is 0 Å². The number of benzene rings is 1. The van der Waals surface area contributed by atoms with Crippen LogP contribution in [0.5, 0.6) is 0 Å². The molecule has 1 heterocycles. The molecule has 0 saturated heterocycles. The first-order chi connectivity index (χ1) is 8.26. The summed E-state index contributed by atoms with van der Waals surface area (Å²) in [6.07, 6.45) is 2.10. The van der Waals surface area contributed by atoms with Gasteiger partial charge in [-0.1, -0.05) is 13.8 Å². The van der Waals surface area contributed by atoms with Crippen molar-refractivity contribution in [2.24, 2.45) is 0 Å². The summed E-state index contributed by atoms with van der Waals surface area (Å²) in [4.78, 5) is 1.35. The van der Waals surface area contributed by atoms with Crippen LogP contribution in [-0.4, -0.2) is 6.54 Å². The van der Waals surface area contributed by atoms with E-state index in [1.54, 1.807) is 23.5 Å². The van der Waals surface area contributed by atoms with E-state index < -0.39 is 0 Å². The van der Waals surface area contributed by atoms with E-state index >= 15 is 0 Å². The Morgan fingerprint density at radius 1 is 1.29 bits per heavy atom. The van der Waals surface area contributed by atoms with Crippen LogP contribution in [0.3, 0.4) is 0 Å². The summed E-state index contributed by atoms with van der Waals surface area (Å²) in [5, 5.41) is 4.51. The SMILES string of the molecule is CCCNCc1sc2ccc(F)cc2c1CC. The topological polar surface area (TPSA) is 12.0 Å². The predicted molar refractivity (Wildman–Crippen MR) is 73.2 cm³/mol. The van der Waals surface area contributed by atoms with Crippen molar-refractivity contribution >= 4 is 21.4 Å². The molecule has 1 N–H and O–H groups in total.